The van der Waals surface area contributed by atoms with Gasteiger partial charge in [-0.3, -0.25) is 9.89 Å². The minimum atomic E-state index is -0.0947. The van der Waals surface area contributed by atoms with Crippen molar-refractivity contribution in [1.82, 2.24) is 15.5 Å². The van der Waals surface area contributed by atoms with E-state index in [1.165, 1.54) is 12.8 Å². The average molecular weight is 460 g/mol. The van der Waals surface area contributed by atoms with Gasteiger partial charge in [-0.05, 0) is 43.9 Å². The van der Waals surface area contributed by atoms with Crippen LogP contribution in [-0.2, 0) is 5.41 Å². The van der Waals surface area contributed by atoms with Crippen LogP contribution in [-0.4, -0.2) is 50.1 Å². The molecule has 25 heavy (non-hydrogen) atoms. The van der Waals surface area contributed by atoms with E-state index < -0.39 is 0 Å². The Kier molecular flexibility index (Phi) is 7.49. The van der Waals surface area contributed by atoms with Crippen LogP contribution in [0.2, 0.25) is 0 Å². The molecule has 0 atom stereocenters. The maximum Gasteiger partial charge on any atom is 0.191 e. The average Bonchev–Trinajstić information content (AvgIpc) is 3.49. The van der Waals surface area contributed by atoms with Gasteiger partial charge in [0.15, 0.2) is 5.96 Å². The van der Waals surface area contributed by atoms with Crippen molar-refractivity contribution in [3.05, 3.63) is 35.6 Å². The Bertz CT molecular complexity index is 585. The molecule has 0 radical (unpaired) electrons. The van der Waals surface area contributed by atoms with Crippen molar-refractivity contribution < 1.29 is 4.39 Å². The first-order chi connectivity index (χ1) is 11.7. The van der Waals surface area contributed by atoms with Gasteiger partial charge in [-0.25, -0.2) is 4.39 Å². The van der Waals surface area contributed by atoms with E-state index in [1.54, 1.807) is 19.2 Å². The van der Waals surface area contributed by atoms with E-state index in [0.29, 0.717) is 0 Å². The molecule has 3 rings (SSSR count). The van der Waals surface area contributed by atoms with Gasteiger partial charge in [0.05, 0.1) is 0 Å². The molecule has 0 amide bonds. The van der Waals surface area contributed by atoms with E-state index in [2.05, 4.69) is 27.4 Å². The van der Waals surface area contributed by atoms with Crippen LogP contribution in [0.25, 0.3) is 0 Å². The molecule has 0 heterocycles. The maximum absolute atomic E-state index is 14.1. The first kappa shape index (κ1) is 20.4. The number of likely N-dealkylation sites (N-methyl/N-ethyl adjacent to an activating group) is 1. The summed E-state index contributed by atoms with van der Waals surface area (Å²) in [5.41, 5.74) is 0.769. The summed E-state index contributed by atoms with van der Waals surface area (Å²) in [5.74, 6) is 0.715. The number of benzene rings is 1. The number of hydrogen-bond donors (Lipinski definition) is 2. The molecule has 0 spiro atoms. The van der Waals surface area contributed by atoms with Crippen LogP contribution in [0.3, 0.4) is 0 Å². The summed E-state index contributed by atoms with van der Waals surface area (Å²) >= 11 is 0. The highest BCUT2D eigenvalue weighted by Crippen LogP contribution is 2.48. The molecule has 0 saturated heterocycles. The molecule has 6 heteroatoms. The fourth-order valence-electron chi connectivity index (χ4n) is 3.41. The molecule has 2 fully saturated rings. The van der Waals surface area contributed by atoms with Crippen LogP contribution in [0.15, 0.2) is 29.3 Å². The van der Waals surface area contributed by atoms with Gasteiger partial charge in [0.2, 0.25) is 0 Å². The smallest absolute Gasteiger partial charge is 0.191 e. The zero-order valence-corrected chi connectivity index (χ0v) is 17.6. The molecule has 1 aromatic carbocycles. The second-order valence-corrected chi connectivity index (χ2v) is 6.97. The van der Waals surface area contributed by atoms with Gasteiger partial charge in [0.25, 0.3) is 0 Å². The van der Waals surface area contributed by atoms with E-state index in [-0.39, 0.29) is 35.2 Å². The molecule has 0 unspecified atom stereocenters. The molecule has 2 N–H and O–H groups in total. The van der Waals surface area contributed by atoms with Crippen LogP contribution in [0.4, 0.5) is 4.39 Å². The lowest BCUT2D eigenvalue weighted by atomic mass is 9.95. The molecule has 2 aliphatic carbocycles. The van der Waals surface area contributed by atoms with E-state index >= 15 is 0 Å². The van der Waals surface area contributed by atoms with Crippen LogP contribution < -0.4 is 10.6 Å². The van der Waals surface area contributed by atoms with Crippen molar-refractivity contribution in [2.75, 3.05) is 33.2 Å². The predicted octanol–water partition coefficient (Wildman–Crippen LogP) is 3.12. The van der Waals surface area contributed by atoms with Crippen LogP contribution in [0.5, 0.6) is 0 Å². The maximum atomic E-state index is 14.1. The number of rotatable bonds is 8. The zero-order chi connectivity index (χ0) is 17.0. The summed E-state index contributed by atoms with van der Waals surface area (Å²) in [6, 6.07) is 7.93. The summed E-state index contributed by atoms with van der Waals surface area (Å²) in [6.07, 6.45) is 4.74. The molecule has 2 aliphatic rings. The van der Waals surface area contributed by atoms with Gasteiger partial charge in [-0.15, -0.1) is 24.0 Å². The summed E-state index contributed by atoms with van der Waals surface area (Å²) in [5, 5.41) is 6.77. The lowest BCUT2D eigenvalue weighted by molar-refractivity contribution is 0.282. The highest BCUT2D eigenvalue weighted by molar-refractivity contribution is 14.0. The largest absolute Gasteiger partial charge is 0.356 e. The third-order valence-corrected chi connectivity index (χ3v) is 5.28. The molecule has 1 aromatic rings. The summed E-state index contributed by atoms with van der Waals surface area (Å²) in [6.45, 7) is 5.98. The van der Waals surface area contributed by atoms with Gasteiger partial charge in [-0.1, -0.05) is 25.1 Å². The number of nitrogens with zero attached hydrogens (tertiary/aromatic N) is 2. The summed E-state index contributed by atoms with van der Waals surface area (Å²) < 4.78 is 14.1. The Labute approximate surface area is 167 Å². The molecular weight excluding hydrogens is 430 g/mol. The van der Waals surface area contributed by atoms with Crippen molar-refractivity contribution in [3.8, 4) is 0 Å². The monoisotopic (exact) mass is 460 g/mol. The van der Waals surface area contributed by atoms with Gasteiger partial charge in [0.1, 0.15) is 5.82 Å². The van der Waals surface area contributed by atoms with Crippen LogP contribution in [0.1, 0.15) is 38.2 Å². The molecule has 0 aromatic heterocycles. The van der Waals surface area contributed by atoms with Gasteiger partial charge >= 0.3 is 0 Å². The summed E-state index contributed by atoms with van der Waals surface area (Å²) in [7, 11) is 1.79. The van der Waals surface area contributed by atoms with E-state index in [0.717, 1.165) is 56.6 Å². The Balaban J connectivity index is 0.00000225. The number of guanidine groups is 1. The second kappa shape index (κ2) is 9.16. The quantitative estimate of drug-likeness (QED) is 0.356. The van der Waals surface area contributed by atoms with Crippen molar-refractivity contribution in [2.24, 2.45) is 4.99 Å². The summed E-state index contributed by atoms with van der Waals surface area (Å²) in [4.78, 5) is 6.82. The lowest BCUT2D eigenvalue weighted by Crippen LogP contribution is -2.44. The molecule has 4 nitrogen and oxygen atoms in total. The molecular formula is C19H30FIN4. The van der Waals surface area contributed by atoms with E-state index in [1.807, 2.05) is 12.1 Å². The number of aliphatic imine (C=N–C) groups is 1. The molecule has 0 bridgehead atoms. The minimum Gasteiger partial charge on any atom is -0.356 e. The number of nitrogens with one attached hydrogen (secondary N) is 2. The minimum absolute atomic E-state index is 0. The second-order valence-electron chi connectivity index (χ2n) is 6.97. The Morgan fingerprint density at radius 1 is 1.28 bits per heavy atom. The van der Waals surface area contributed by atoms with Crippen molar-refractivity contribution >= 4 is 29.9 Å². The normalized spacial score (nSPS) is 18.6. The standard InChI is InChI=1S/C19H29FN4.HI/c1-3-24(15-8-9-15)13-12-22-18(21-2)23-14-19(10-11-19)16-6-4-5-7-17(16)20;/h4-7,15H,3,8-14H2,1-2H3,(H2,21,22,23);1H. The molecule has 0 aliphatic heterocycles. The van der Waals surface area contributed by atoms with Gasteiger partial charge < -0.3 is 10.6 Å². The van der Waals surface area contributed by atoms with Gasteiger partial charge in [0, 0.05) is 38.1 Å². The van der Waals surface area contributed by atoms with Crippen molar-refractivity contribution in [2.45, 2.75) is 44.1 Å². The van der Waals surface area contributed by atoms with Crippen molar-refractivity contribution in [1.29, 1.82) is 0 Å². The van der Waals surface area contributed by atoms with Crippen LogP contribution in [0, 0.1) is 5.82 Å². The first-order valence-corrected chi connectivity index (χ1v) is 9.12. The third kappa shape index (κ3) is 5.29. The van der Waals surface area contributed by atoms with E-state index in [9.17, 15) is 4.39 Å². The predicted molar refractivity (Wildman–Crippen MR) is 112 cm³/mol. The van der Waals surface area contributed by atoms with E-state index in [4.69, 9.17) is 0 Å². The zero-order valence-electron chi connectivity index (χ0n) is 15.2. The Morgan fingerprint density at radius 2 is 2.00 bits per heavy atom. The first-order valence-electron chi connectivity index (χ1n) is 9.12. The molecule has 2 saturated carbocycles. The lowest BCUT2D eigenvalue weighted by Gasteiger charge is -2.22. The topological polar surface area (TPSA) is 39.7 Å². The Morgan fingerprint density at radius 3 is 2.56 bits per heavy atom. The van der Waals surface area contributed by atoms with Crippen LogP contribution >= 0.6 is 24.0 Å². The van der Waals surface area contributed by atoms with Gasteiger partial charge in [-0.2, -0.15) is 0 Å². The third-order valence-electron chi connectivity index (χ3n) is 5.28. The SMILES string of the molecule is CCN(CCNC(=NC)NCC1(c2ccccc2F)CC1)C1CC1.I. The highest BCUT2D eigenvalue weighted by Gasteiger charge is 2.45. The Hall–Kier alpha value is -0.890. The van der Waals surface area contributed by atoms with Crippen molar-refractivity contribution in [3.63, 3.8) is 0 Å². The fourth-order valence-corrected chi connectivity index (χ4v) is 3.41. The fraction of sp³-hybridized carbons (Fsp3) is 0.632. The molecule has 140 valence electrons. The number of hydrogen-bond acceptors (Lipinski definition) is 2. The number of halogens is 2. The highest BCUT2D eigenvalue weighted by atomic mass is 127.